The second-order valence-corrected chi connectivity index (χ2v) is 8.47. The molecule has 3 rings (SSSR count). The molecule has 0 saturated carbocycles. The van der Waals surface area contributed by atoms with Crippen molar-refractivity contribution in [2.24, 2.45) is 5.92 Å². The first-order valence-electron chi connectivity index (χ1n) is 8.76. The number of benzene rings is 1. The Balaban J connectivity index is 1.57. The number of carbonyl (C=O) groups excluding carboxylic acids is 1. The van der Waals surface area contributed by atoms with E-state index < -0.39 is 0 Å². The van der Waals surface area contributed by atoms with E-state index in [1.54, 1.807) is 0 Å². The number of hydrogen-bond donors (Lipinski definition) is 3. The van der Waals surface area contributed by atoms with Crippen molar-refractivity contribution < 1.29 is 4.79 Å². The summed E-state index contributed by atoms with van der Waals surface area (Å²) in [5, 5.41) is 5.66. The van der Waals surface area contributed by atoms with E-state index in [1.807, 2.05) is 5.38 Å². The van der Waals surface area contributed by atoms with Crippen LogP contribution in [0.4, 0.5) is 16.8 Å². The molecule has 1 amide bonds. The lowest BCUT2D eigenvalue weighted by Crippen LogP contribution is -2.14. The zero-order valence-electron chi connectivity index (χ0n) is 15.7. The van der Waals surface area contributed by atoms with E-state index in [1.165, 1.54) is 34.7 Å². The molecule has 0 bridgehead atoms. The van der Waals surface area contributed by atoms with Crippen molar-refractivity contribution in [3.05, 3.63) is 41.3 Å². The summed E-state index contributed by atoms with van der Waals surface area (Å²) in [5.41, 5.74) is 14.4. The van der Waals surface area contributed by atoms with Gasteiger partial charge in [0.25, 0.3) is 0 Å². The summed E-state index contributed by atoms with van der Waals surface area (Å²) in [6.07, 6.45) is 1.05. The minimum atomic E-state index is -0.192. The number of rotatable bonds is 7. The number of anilines is 3. The van der Waals surface area contributed by atoms with Crippen LogP contribution in [0.3, 0.4) is 0 Å². The Labute approximate surface area is 172 Å². The lowest BCUT2D eigenvalue weighted by atomic mass is 10.0. The third-order valence-corrected chi connectivity index (χ3v) is 5.33. The average molecular weight is 415 g/mol. The van der Waals surface area contributed by atoms with Gasteiger partial charge in [0.1, 0.15) is 11.6 Å². The molecule has 2 heterocycles. The third kappa shape index (κ3) is 5.67. The molecular formula is C19H22N6OS2. The highest BCUT2D eigenvalue weighted by Crippen LogP contribution is 2.26. The molecule has 0 atom stereocenters. The maximum atomic E-state index is 12.2. The van der Waals surface area contributed by atoms with Gasteiger partial charge < -0.3 is 16.8 Å². The van der Waals surface area contributed by atoms with Crippen LogP contribution in [0.25, 0.3) is 11.3 Å². The maximum absolute atomic E-state index is 12.2. The van der Waals surface area contributed by atoms with Crippen molar-refractivity contribution in [1.82, 2.24) is 15.0 Å². The number of nitrogens with two attached hydrogens (primary N) is 2. The molecule has 7 nitrogen and oxygen atoms in total. The van der Waals surface area contributed by atoms with E-state index in [2.05, 4.69) is 58.4 Å². The zero-order chi connectivity index (χ0) is 20.1. The Morgan fingerprint density at radius 2 is 1.82 bits per heavy atom. The second-order valence-electron chi connectivity index (χ2n) is 6.67. The fourth-order valence-electron chi connectivity index (χ4n) is 2.56. The number of nitrogens with one attached hydrogen (secondary N) is 1. The van der Waals surface area contributed by atoms with Crippen molar-refractivity contribution in [2.75, 3.05) is 22.5 Å². The molecular weight excluding hydrogens is 392 g/mol. The summed E-state index contributed by atoms with van der Waals surface area (Å²) in [5.74, 6) is 1.13. The summed E-state index contributed by atoms with van der Waals surface area (Å²) in [6, 6.07) is 9.85. The highest BCUT2D eigenvalue weighted by molar-refractivity contribution is 7.99. The highest BCUT2D eigenvalue weighted by Gasteiger charge is 2.10. The number of thiazole rings is 1. The molecule has 0 spiro atoms. The van der Waals surface area contributed by atoms with Gasteiger partial charge >= 0.3 is 0 Å². The first-order valence-corrected chi connectivity index (χ1v) is 10.6. The van der Waals surface area contributed by atoms with Crippen LogP contribution in [0.15, 0.2) is 40.9 Å². The van der Waals surface area contributed by atoms with Crippen molar-refractivity contribution in [1.29, 1.82) is 0 Å². The van der Waals surface area contributed by atoms with Gasteiger partial charge in [-0.2, -0.15) is 0 Å². The molecule has 9 heteroatoms. The fraction of sp³-hybridized carbons (Fsp3) is 0.263. The Bertz CT molecular complexity index is 935. The molecule has 0 aliphatic rings. The molecule has 0 aliphatic carbocycles. The van der Waals surface area contributed by atoms with Gasteiger partial charge in [-0.1, -0.05) is 49.9 Å². The standard InChI is InChI=1S/C19H22N6OS2/c1-11(2)7-12-3-5-13(6-4-12)14-9-27-18(22-14)25-17(26)10-28-19-23-15(20)8-16(21)24-19/h3-6,8-9,11H,7,10H2,1-2H3,(H,22,25,26)(H4,20,21,23,24). The lowest BCUT2D eigenvalue weighted by molar-refractivity contribution is -0.113. The van der Waals surface area contributed by atoms with Gasteiger partial charge in [0.05, 0.1) is 11.4 Å². The predicted molar refractivity (Wildman–Crippen MR) is 116 cm³/mol. The molecule has 2 aromatic heterocycles. The second kappa shape index (κ2) is 9.03. The molecule has 0 radical (unpaired) electrons. The summed E-state index contributed by atoms with van der Waals surface area (Å²) in [7, 11) is 0. The number of amides is 1. The fourth-order valence-corrected chi connectivity index (χ4v) is 3.97. The molecule has 0 saturated heterocycles. The molecule has 0 aliphatic heterocycles. The normalized spacial score (nSPS) is 11.0. The molecule has 1 aromatic carbocycles. The van der Waals surface area contributed by atoms with E-state index in [4.69, 9.17) is 11.5 Å². The number of thioether (sulfide) groups is 1. The van der Waals surface area contributed by atoms with Gasteiger partial charge in [-0.15, -0.1) is 11.3 Å². The smallest absolute Gasteiger partial charge is 0.236 e. The number of hydrogen-bond acceptors (Lipinski definition) is 8. The quantitative estimate of drug-likeness (QED) is 0.398. The van der Waals surface area contributed by atoms with Crippen LogP contribution in [0.2, 0.25) is 0 Å². The van der Waals surface area contributed by atoms with E-state index in [0.717, 1.165) is 17.7 Å². The zero-order valence-corrected chi connectivity index (χ0v) is 17.3. The van der Waals surface area contributed by atoms with Gasteiger partial charge in [-0.05, 0) is 17.9 Å². The minimum Gasteiger partial charge on any atom is -0.383 e. The molecule has 5 N–H and O–H groups in total. The SMILES string of the molecule is CC(C)Cc1ccc(-c2csc(NC(=O)CSc3nc(N)cc(N)n3)n2)cc1. The Kier molecular flexibility index (Phi) is 6.48. The van der Waals surface area contributed by atoms with Gasteiger partial charge in [0.2, 0.25) is 5.91 Å². The first-order chi connectivity index (χ1) is 13.4. The van der Waals surface area contributed by atoms with E-state index in [-0.39, 0.29) is 23.3 Å². The number of carbonyl (C=O) groups is 1. The molecule has 28 heavy (non-hydrogen) atoms. The average Bonchev–Trinajstić information content (AvgIpc) is 3.08. The van der Waals surface area contributed by atoms with Gasteiger partial charge in [0, 0.05) is 17.0 Å². The van der Waals surface area contributed by atoms with E-state index in [0.29, 0.717) is 16.2 Å². The monoisotopic (exact) mass is 414 g/mol. The van der Waals surface area contributed by atoms with Crippen molar-refractivity contribution in [3.8, 4) is 11.3 Å². The van der Waals surface area contributed by atoms with Crippen LogP contribution in [0, 0.1) is 5.92 Å². The van der Waals surface area contributed by atoms with Crippen LogP contribution in [-0.2, 0) is 11.2 Å². The van der Waals surface area contributed by atoms with Gasteiger partial charge in [0.15, 0.2) is 10.3 Å². The number of nitrogens with zero attached hydrogens (tertiary/aromatic N) is 3. The molecule has 0 fully saturated rings. The largest absolute Gasteiger partial charge is 0.383 e. The van der Waals surface area contributed by atoms with E-state index in [9.17, 15) is 4.79 Å². The first kappa shape index (κ1) is 20.1. The minimum absolute atomic E-state index is 0.141. The summed E-state index contributed by atoms with van der Waals surface area (Å²) < 4.78 is 0. The van der Waals surface area contributed by atoms with Crippen molar-refractivity contribution in [3.63, 3.8) is 0 Å². The van der Waals surface area contributed by atoms with E-state index >= 15 is 0 Å². The number of nitrogen functional groups attached to an aromatic ring is 2. The molecule has 0 unspecified atom stereocenters. The summed E-state index contributed by atoms with van der Waals surface area (Å²) in [4.78, 5) is 24.7. The predicted octanol–water partition coefficient (Wildman–Crippen LogP) is 3.69. The molecule has 3 aromatic rings. The lowest BCUT2D eigenvalue weighted by Gasteiger charge is -2.05. The van der Waals surface area contributed by atoms with Crippen LogP contribution in [-0.4, -0.2) is 26.6 Å². The van der Waals surface area contributed by atoms with Gasteiger partial charge in [-0.3, -0.25) is 4.79 Å². The number of aromatic nitrogens is 3. The maximum Gasteiger partial charge on any atom is 0.236 e. The van der Waals surface area contributed by atoms with Crippen LogP contribution in [0.1, 0.15) is 19.4 Å². The topological polar surface area (TPSA) is 120 Å². The van der Waals surface area contributed by atoms with Gasteiger partial charge in [-0.25, -0.2) is 15.0 Å². The summed E-state index contributed by atoms with van der Waals surface area (Å²) in [6.45, 7) is 4.41. The van der Waals surface area contributed by atoms with Crippen LogP contribution in [0.5, 0.6) is 0 Å². The Morgan fingerprint density at radius 3 is 2.46 bits per heavy atom. The Morgan fingerprint density at radius 1 is 1.14 bits per heavy atom. The van der Waals surface area contributed by atoms with Crippen molar-refractivity contribution >= 4 is 45.8 Å². The van der Waals surface area contributed by atoms with Crippen LogP contribution >= 0.6 is 23.1 Å². The Hall–Kier alpha value is -2.65. The van der Waals surface area contributed by atoms with Crippen LogP contribution < -0.4 is 16.8 Å². The van der Waals surface area contributed by atoms with Crippen molar-refractivity contribution in [2.45, 2.75) is 25.4 Å². The summed E-state index contributed by atoms with van der Waals surface area (Å²) >= 11 is 2.56. The highest BCUT2D eigenvalue weighted by atomic mass is 32.2. The third-order valence-electron chi connectivity index (χ3n) is 3.72. The molecule has 146 valence electrons.